The summed E-state index contributed by atoms with van der Waals surface area (Å²) < 4.78 is 0. The summed E-state index contributed by atoms with van der Waals surface area (Å²) >= 11 is 1.49. The molecule has 7 heteroatoms. The Labute approximate surface area is 146 Å². The average Bonchev–Trinajstić information content (AvgIpc) is 3.02. The molecule has 1 aromatic heterocycles. The minimum Gasteiger partial charge on any atom is -0.394 e. The molecule has 1 heterocycles. The first-order chi connectivity index (χ1) is 11.4. The van der Waals surface area contributed by atoms with Gasteiger partial charge < -0.3 is 15.7 Å². The van der Waals surface area contributed by atoms with Gasteiger partial charge in [0.1, 0.15) is 10.0 Å². The highest BCUT2D eigenvalue weighted by Crippen LogP contribution is 2.25. The Balaban J connectivity index is 1.82. The molecular weight excluding hydrogens is 324 g/mol. The van der Waals surface area contributed by atoms with Crippen molar-refractivity contribution in [3.63, 3.8) is 0 Å². The highest BCUT2D eigenvalue weighted by atomic mass is 32.1. The van der Waals surface area contributed by atoms with E-state index in [1.165, 1.54) is 11.3 Å². The molecule has 0 bridgehead atoms. The van der Waals surface area contributed by atoms with E-state index in [0.29, 0.717) is 13.0 Å². The smallest absolute Gasteiger partial charge is 0.315 e. The number of nitrogens with one attached hydrogen (secondary N) is 2. The highest BCUT2D eigenvalue weighted by Gasteiger charge is 2.19. The topological polar surface area (TPSA) is 87.1 Å². The molecule has 6 nitrogen and oxygen atoms in total. The number of hydrogen-bond acceptors (Lipinski definition) is 5. The highest BCUT2D eigenvalue weighted by molar-refractivity contribution is 7.11. The average molecular weight is 348 g/mol. The Bertz CT molecular complexity index is 652. The molecule has 1 atom stereocenters. The van der Waals surface area contributed by atoms with Crippen LogP contribution in [0.2, 0.25) is 0 Å². The minimum absolute atomic E-state index is 0.0458. The Morgan fingerprint density at radius 1 is 1.25 bits per heavy atom. The number of hydrogen-bond donors (Lipinski definition) is 3. The fourth-order valence-corrected chi connectivity index (χ4v) is 2.92. The number of aliphatic hydroxyl groups excluding tert-OH is 1. The molecule has 130 valence electrons. The molecule has 0 aliphatic rings. The van der Waals surface area contributed by atoms with E-state index in [1.807, 2.05) is 30.3 Å². The summed E-state index contributed by atoms with van der Waals surface area (Å²) in [5.41, 5.74) is 1.02. The first kappa shape index (κ1) is 18.4. The van der Waals surface area contributed by atoms with Gasteiger partial charge in [0.05, 0.1) is 19.2 Å². The maximum absolute atomic E-state index is 12.0. The van der Waals surface area contributed by atoms with Gasteiger partial charge in [0.25, 0.3) is 0 Å². The lowest BCUT2D eigenvalue weighted by molar-refractivity contribution is 0.215. The number of nitrogens with zero attached hydrogens (tertiary/aromatic N) is 2. The van der Waals surface area contributed by atoms with Gasteiger partial charge in [-0.15, -0.1) is 10.2 Å². The van der Waals surface area contributed by atoms with Gasteiger partial charge in [-0.05, 0) is 12.0 Å². The molecule has 1 aromatic carbocycles. The zero-order valence-corrected chi connectivity index (χ0v) is 15.1. The van der Waals surface area contributed by atoms with Gasteiger partial charge in [-0.2, -0.15) is 0 Å². The number of benzene rings is 1. The van der Waals surface area contributed by atoms with Crippen LogP contribution < -0.4 is 10.6 Å². The van der Waals surface area contributed by atoms with Crippen LogP contribution in [0.5, 0.6) is 0 Å². The Morgan fingerprint density at radius 3 is 2.54 bits per heavy atom. The lowest BCUT2D eigenvalue weighted by atomic mass is 9.98. The van der Waals surface area contributed by atoms with E-state index >= 15 is 0 Å². The number of amides is 2. The summed E-state index contributed by atoms with van der Waals surface area (Å²) in [6.45, 7) is 6.44. The second-order valence-electron chi connectivity index (χ2n) is 6.65. The van der Waals surface area contributed by atoms with Gasteiger partial charge in [-0.1, -0.05) is 62.4 Å². The van der Waals surface area contributed by atoms with Gasteiger partial charge in [0, 0.05) is 5.41 Å². The van der Waals surface area contributed by atoms with E-state index in [0.717, 1.165) is 15.6 Å². The third-order valence-corrected chi connectivity index (χ3v) is 4.74. The van der Waals surface area contributed by atoms with Crippen molar-refractivity contribution in [2.24, 2.45) is 0 Å². The molecular formula is C17H24N4O2S. The van der Waals surface area contributed by atoms with Crippen LogP contribution in [0.25, 0.3) is 0 Å². The predicted octanol–water partition coefficient (Wildman–Crippen LogP) is 2.24. The third kappa shape index (κ3) is 5.58. The second kappa shape index (κ2) is 8.21. The van der Waals surface area contributed by atoms with E-state index in [-0.39, 0.29) is 24.1 Å². The van der Waals surface area contributed by atoms with Gasteiger partial charge in [-0.25, -0.2) is 4.79 Å². The fraction of sp³-hybridized carbons (Fsp3) is 0.471. The number of aromatic nitrogens is 2. The monoisotopic (exact) mass is 348 g/mol. The fourth-order valence-electron chi connectivity index (χ4n) is 2.08. The van der Waals surface area contributed by atoms with E-state index in [2.05, 4.69) is 41.6 Å². The molecule has 0 fully saturated rings. The van der Waals surface area contributed by atoms with Crippen LogP contribution in [0.4, 0.5) is 4.79 Å². The summed E-state index contributed by atoms with van der Waals surface area (Å²) in [5, 5.41) is 24.9. The molecule has 3 N–H and O–H groups in total. The second-order valence-corrected chi connectivity index (χ2v) is 7.71. The molecule has 0 spiro atoms. The molecule has 0 radical (unpaired) electrons. The summed E-state index contributed by atoms with van der Waals surface area (Å²) in [5.74, 6) is 0. The third-order valence-electron chi connectivity index (χ3n) is 3.39. The molecule has 0 aliphatic heterocycles. The van der Waals surface area contributed by atoms with Crippen molar-refractivity contribution < 1.29 is 9.90 Å². The largest absolute Gasteiger partial charge is 0.394 e. The molecule has 2 rings (SSSR count). The Kier molecular flexibility index (Phi) is 6.28. The normalized spacial score (nSPS) is 12.7. The Morgan fingerprint density at radius 2 is 1.96 bits per heavy atom. The van der Waals surface area contributed by atoms with Crippen LogP contribution in [-0.2, 0) is 18.4 Å². The van der Waals surface area contributed by atoms with Crippen molar-refractivity contribution in [3.05, 3.63) is 45.9 Å². The minimum atomic E-state index is -0.327. The number of rotatable bonds is 6. The maximum Gasteiger partial charge on any atom is 0.315 e. The van der Waals surface area contributed by atoms with Crippen molar-refractivity contribution in [1.82, 2.24) is 20.8 Å². The molecule has 0 saturated heterocycles. The molecule has 0 saturated carbocycles. The molecule has 0 aliphatic carbocycles. The molecule has 24 heavy (non-hydrogen) atoms. The molecule has 2 aromatic rings. The quantitative estimate of drug-likeness (QED) is 0.747. The van der Waals surface area contributed by atoms with E-state index in [4.69, 9.17) is 0 Å². The van der Waals surface area contributed by atoms with Crippen LogP contribution in [0, 0.1) is 0 Å². The zero-order valence-electron chi connectivity index (χ0n) is 14.2. The van der Waals surface area contributed by atoms with Gasteiger partial charge in [0.2, 0.25) is 0 Å². The lowest BCUT2D eigenvalue weighted by Crippen LogP contribution is -2.44. The summed E-state index contributed by atoms with van der Waals surface area (Å²) in [6.07, 6.45) is 0.581. The molecule has 1 unspecified atom stereocenters. The van der Waals surface area contributed by atoms with E-state index in [1.54, 1.807) is 0 Å². The van der Waals surface area contributed by atoms with Crippen LogP contribution >= 0.6 is 11.3 Å². The first-order valence-corrected chi connectivity index (χ1v) is 8.72. The van der Waals surface area contributed by atoms with Crippen LogP contribution in [0.1, 0.15) is 36.3 Å². The summed E-state index contributed by atoms with van der Waals surface area (Å²) in [7, 11) is 0. The summed E-state index contributed by atoms with van der Waals surface area (Å²) in [4.78, 5) is 12.0. The van der Waals surface area contributed by atoms with Crippen molar-refractivity contribution in [2.75, 3.05) is 6.61 Å². The van der Waals surface area contributed by atoms with Gasteiger partial charge >= 0.3 is 6.03 Å². The molecule has 2 amide bonds. The predicted molar refractivity (Wildman–Crippen MR) is 95.0 cm³/mol. The number of aliphatic hydroxyl groups is 1. The van der Waals surface area contributed by atoms with E-state index in [9.17, 15) is 9.90 Å². The number of carbonyl (C=O) groups is 1. The SMILES string of the molecule is CC(C)(C)c1nnc(CNC(=O)NC(CO)Cc2ccccc2)s1. The number of carbonyl (C=O) groups excluding carboxylic acids is 1. The summed E-state index contributed by atoms with van der Waals surface area (Å²) in [6, 6.07) is 9.10. The van der Waals surface area contributed by atoms with Crippen molar-refractivity contribution >= 4 is 17.4 Å². The lowest BCUT2D eigenvalue weighted by Gasteiger charge is -2.16. The van der Waals surface area contributed by atoms with E-state index < -0.39 is 0 Å². The standard InChI is InChI=1S/C17H24N4O2S/c1-17(2,3)15-21-20-14(24-15)10-18-16(23)19-13(11-22)9-12-7-5-4-6-8-12/h4-8,13,22H,9-11H2,1-3H3,(H2,18,19,23). The van der Waals surface area contributed by atoms with Crippen LogP contribution in [0.15, 0.2) is 30.3 Å². The van der Waals surface area contributed by atoms with Crippen LogP contribution in [-0.4, -0.2) is 34.0 Å². The van der Waals surface area contributed by atoms with Crippen molar-refractivity contribution in [2.45, 2.75) is 45.2 Å². The van der Waals surface area contributed by atoms with Crippen LogP contribution in [0.3, 0.4) is 0 Å². The van der Waals surface area contributed by atoms with Crippen molar-refractivity contribution in [3.8, 4) is 0 Å². The zero-order chi connectivity index (χ0) is 17.6. The first-order valence-electron chi connectivity index (χ1n) is 7.90. The number of urea groups is 1. The van der Waals surface area contributed by atoms with Gasteiger partial charge in [-0.3, -0.25) is 0 Å². The van der Waals surface area contributed by atoms with Crippen molar-refractivity contribution in [1.29, 1.82) is 0 Å². The maximum atomic E-state index is 12.0. The Hall–Kier alpha value is -1.99. The van der Waals surface area contributed by atoms with Gasteiger partial charge in [0.15, 0.2) is 0 Å².